The number of carbonyl (C=O) groups is 2. The first-order valence-electron chi connectivity index (χ1n) is 5.31. The zero-order valence-corrected chi connectivity index (χ0v) is 10.7. The highest BCUT2D eigenvalue weighted by molar-refractivity contribution is 6.01. The first-order valence-corrected chi connectivity index (χ1v) is 5.31. The molecular formula is C11H17N3O3. The van der Waals surface area contributed by atoms with Crippen LogP contribution in [0.4, 0.5) is 5.69 Å². The lowest BCUT2D eigenvalue weighted by Crippen LogP contribution is -2.20. The number of rotatable bonds is 3. The van der Waals surface area contributed by atoms with Crippen molar-refractivity contribution in [2.75, 3.05) is 12.4 Å². The highest BCUT2D eigenvalue weighted by Crippen LogP contribution is 2.20. The van der Waals surface area contributed by atoms with E-state index in [1.165, 1.54) is 11.8 Å². The van der Waals surface area contributed by atoms with Gasteiger partial charge in [0.25, 0.3) is 0 Å². The number of esters is 1. The number of anilines is 1. The molecule has 0 unspecified atom stereocenters. The molecular weight excluding hydrogens is 222 g/mol. The molecule has 1 N–H and O–H groups in total. The molecule has 1 amide bonds. The van der Waals surface area contributed by atoms with Gasteiger partial charge in [-0.15, -0.1) is 0 Å². The van der Waals surface area contributed by atoms with Gasteiger partial charge in [-0.05, 0) is 6.92 Å². The Morgan fingerprint density at radius 2 is 2.00 bits per heavy atom. The molecule has 94 valence electrons. The van der Waals surface area contributed by atoms with E-state index < -0.39 is 5.97 Å². The fourth-order valence-corrected chi connectivity index (χ4v) is 1.26. The maximum Gasteiger partial charge on any atom is 0.360 e. The van der Waals surface area contributed by atoms with Gasteiger partial charge in [0, 0.05) is 13.0 Å². The van der Waals surface area contributed by atoms with Crippen LogP contribution >= 0.6 is 0 Å². The fraction of sp³-hybridized carbons (Fsp3) is 0.545. The van der Waals surface area contributed by atoms with E-state index in [0.717, 1.165) is 0 Å². The molecule has 0 saturated heterocycles. The van der Waals surface area contributed by atoms with Crippen molar-refractivity contribution in [1.82, 2.24) is 9.78 Å². The molecule has 1 rings (SSSR count). The molecule has 0 aliphatic heterocycles. The third-order valence-corrected chi connectivity index (χ3v) is 2.49. The van der Waals surface area contributed by atoms with Gasteiger partial charge in [-0.25, -0.2) is 4.79 Å². The summed E-state index contributed by atoms with van der Waals surface area (Å²) in [6.07, 6.45) is 0. The van der Waals surface area contributed by atoms with Gasteiger partial charge >= 0.3 is 5.97 Å². The number of ether oxygens (including phenoxy) is 1. The van der Waals surface area contributed by atoms with E-state index in [9.17, 15) is 9.59 Å². The van der Waals surface area contributed by atoms with Crippen molar-refractivity contribution >= 4 is 17.6 Å². The molecule has 6 nitrogen and oxygen atoms in total. The van der Waals surface area contributed by atoms with Gasteiger partial charge in [0.2, 0.25) is 5.91 Å². The van der Waals surface area contributed by atoms with E-state index in [1.54, 1.807) is 27.8 Å². The minimum Gasteiger partial charge on any atom is -0.464 e. The highest BCUT2D eigenvalue weighted by atomic mass is 16.5. The van der Waals surface area contributed by atoms with Gasteiger partial charge in [-0.2, -0.15) is 5.10 Å². The Balaban J connectivity index is 3.12. The number of amides is 1. The predicted octanol–water partition coefficient (Wildman–Crippen LogP) is 1.11. The van der Waals surface area contributed by atoms with Gasteiger partial charge in [-0.1, -0.05) is 13.8 Å². The van der Waals surface area contributed by atoms with Crippen LogP contribution in [-0.4, -0.2) is 28.8 Å². The summed E-state index contributed by atoms with van der Waals surface area (Å²) in [5.74, 6) is -0.890. The molecule has 0 aromatic carbocycles. The number of nitrogens with zero attached hydrogens (tertiary/aromatic N) is 2. The number of aryl methyl sites for hydroxylation is 1. The Labute approximate surface area is 99.9 Å². The van der Waals surface area contributed by atoms with Gasteiger partial charge < -0.3 is 10.1 Å². The molecule has 1 heterocycles. The van der Waals surface area contributed by atoms with Crippen molar-refractivity contribution in [3.05, 3.63) is 11.4 Å². The Bertz CT molecular complexity index is 449. The molecule has 17 heavy (non-hydrogen) atoms. The van der Waals surface area contributed by atoms with Crippen molar-refractivity contribution in [3.63, 3.8) is 0 Å². The molecule has 0 radical (unpaired) electrons. The van der Waals surface area contributed by atoms with Gasteiger partial charge in [-0.3, -0.25) is 9.48 Å². The number of hydrogen-bond donors (Lipinski definition) is 1. The van der Waals surface area contributed by atoms with Crippen LogP contribution in [0.1, 0.15) is 30.0 Å². The van der Waals surface area contributed by atoms with E-state index in [4.69, 9.17) is 0 Å². The zero-order valence-electron chi connectivity index (χ0n) is 10.7. The number of aromatic nitrogens is 2. The summed E-state index contributed by atoms with van der Waals surface area (Å²) >= 11 is 0. The van der Waals surface area contributed by atoms with Crippen molar-refractivity contribution in [1.29, 1.82) is 0 Å². The average Bonchev–Trinajstić information content (AvgIpc) is 2.56. The Morgan fingerprint density at radius 3 is 2.47 bits per heavy atom. The Morgan fingerprint density at radius 1 is 1.41 bits per heavy atom. The second kappa shape index (κ2) is 4.99. The predicted molar refractivity (Wildman–Crippen MR) is 62.8 cm³/mol. The smallest absolute Gasteiger partial charge is 0.360 e. The molecule has 0 fully saturated rings. The van der Waals surface area contributed by atoms with E-state index in [0.29, 0.717) is 11.4 Å². The molecule has 0 bridgehead atoms. The Hall–Kier alpha value is -1.85. The normalized spacial score (nSPS) is 10.5. The number of methoxy groups -OCH3 is 1. The third-order valence-electron chi connectivity index (χ3n) is 2.49. The molecule has 6 heteroatoms. The van der Waals surface area contributed by atoms with Gasteiger partial charge in [0.05, 0.1) is 18.5 Å². The molecule has 0 aliphatic rings. The minimum absolute atomic E-state index is 0.126. The number of hydrogen-bond acceptors (Lipinski definition) is 4. The number of nitrogens with one attached hydrogen (secondary N) is 1. The van der Waals surface area contributed by atoms with Gasteiger partial charge in [0.1, 0.15) is 0 Å². The SMILES string of the molecule is COC(=O)c1nn(C)c(C)c1NC(=O)C(C)C. The van der Waals surface area contributed by atoms with Crippen LogP contribution in [0.15, 0.2) is 0 Å². The van der Waals surface area contributed by atoms with Crippen LogP contribution in [0.2, 0.25) is 0 Å². The summed E-state index contributed by atoms with van der Waals surface area (Å²) in [5, 5.41) is 6.71. The third kappa shape index (κ3) is 2.64. The number of carbonyl (C=O) groups excluding carboxylic acids is 2. The van der Waals surface area contributed by atoms with Crippen LogP contribution in [-0.2, 0) is 16.6 Å². The zero-order chi connectivity index (χ0) is 13.2. The van der Waals surface area contributed by atoms with E-state index in [-0.39, 0.29) is 17.5 Å². The van der Waals surface area contributed by atoms with Crippen LogP contribution < -0.4 is 5.32 Å². The topological polar surface area (TPSA) is 73.2 Å². The monoisotopic (exact) mass is 239 g/mol. The fourth-order valence-electron chi connectivity index (χ4n) is 1.26. The summed E-state index contributed by atoms with van der Waals surface area (Å²) in [7, 11) is 2.98. The highest BCUT2D eigenvalue weighted by Gasteiger charge is 2.22. The first-order chi connectivity index (χ1) is 7.88. The lowest BCUT2D eigenvalue weighted by Gasteiger charge is -2.08. The summed E-state index contributed by atoms with van der Waals surface area (Å²) in [6.45, 7) is 5.33. The molecule has 0 aliphatic carbocycles. The van der Waals surface area contributed by atoms with Crippen molar-refractivity contribution in [2.24, 2.45) is 13.0 Å². The molecule has 1 aromatic heterocycles. The average molecular weight is 239 g/mol. The van der Waals surface area contributed by atoms with Crippen molar-refractivity contribution in [3.8, 4) is 0 Å². The van der Waals surface area contributed by atoms with Crippen LogP contribution in [0.5, 0.6) is 0 Å². The summed E-state index contributed by atoms with van der Waals surface area (Å²) < 4.78 is 6.15. The van der Waals surface area contributed by atoms with Crippen molar-refractivity contribution < 1.29 is 14.3 Å². The standard InChI is InChI=1S/C11H17N3O3/c1-6(2)10(15)12-8-7(3)14(4)13-9(8)11(16)17-5/h6H,1-5H3,(H,12,15). The van der Waals surface area contributed by atoms with Crippen LogP contribution in [0.25, 0.3) is 0 Å². The maximum atomic E-state index is 11.6. The van der Waals surface area contributed by atoms with E-state index in [2.05, 4.69) is 15.2 Å². The second-order valence-electron chi connectivity index (χ2n) is 4.07. The van der Waals surface area contributed by atoms with E-state index >= 15 is 0 Å². The summed E-state index contributed by atoms with van der Waals surface area (Å²) in [5.41, 5.74) is 1.25. The first kappa shape index (κ1) is 13.2. The molecule has 0 atom stereocenters. The van der Waals surface area contributed by atoms with Gasteiger partial charge in [0.15, 0.2) is 5.69 Å². The lowest BCUT2D eigenvalue weighted by atomic mass is 10.2. The Kier molecular flexibility index (Phi) is 3.88. The molecule has 1 aromatic rings. The quantitative estimate of drug-likeness (QED) is 0.802. The maximum absolute atomic E-state index is 11.6. The largest absolute Gasteiger partial charge is 0.464 e. The summed E-state index contributed by atoms with van der Waals surface area (Å²) in [6, 6.07) is 0. The minimum atomic E-state index is -0.562. The molecule has 0 saturated carbocycles. The lowest BCUT2D eigenvalue weighted by molar-refractivity contribution is -0.118. The summed E-state index contributed by atoms with van der Waals surface area (Å²) in [4.78, 5) is 23.1. The van der Waals surface area contributed by atoms with Crippen molar-refractivity contribution in [2.45, 2.75) is 20.8 Å². The second-order valence-corrected chi connectivity index (χ2v) is 4.07. The molecule has 0 spiro atoms. The van der Waals surface area contributed by atoms with E-state index in [1.807, 2.05) is 0 Å². The van der Waals surface area contributed by atoms with Crippen LogP contribution in [0.3, 0.4) is 0 Å². The van der Waals surface area contributed by atoms with Crippen LogP contribution in [0, 0.1) is 12.8 Å².